The highest BCUT2D eigenvalue weighted by molar-refractivity contribution is 5.87. The molecule has 0 saturated heterocycles. The Balaban J connectivity index is 1.68. The lowest BCUT2D eigenvalue weighted by molar-refractivity contribution is 0.112. The van der Waals surface area contributed by atoms with Crippen LogP contribution in [0.4, 0.5) is 0 Å². The van der Waals surface area contributed by atoms with E-state index in [1.54, 1.807) is 18.3 Å². The first-order valence-electron chi connectivity index (χ1n) is 8.92. The van der Waals surface area contributed by atoms with Crippen LogP contribution in [0.15, 0.2) is 65.6 Å². The zero-order valence-electron chi connectivity index (χ0n) is 14.8. The van der Waals surface area contributed by atoms with Crippen LogP contribution in [0.2, 0.25) is 0 Å². The Kier molecular flexibility index (Phi) is 4.71. The lowest BCUT2D eigenvalue weighted by atomic mass is 9.88. The number of pyridine rings is 1. The van der Waals surface area contributed by atoms with E-state index >= 15 is 0 Å². The molecule has 4 nitrogen and oxygen atoms in total. The Hall–Kier alpha value is -3.40. The summed E-state index contributed by atoms with van der Waals surface area (Å²) in [6.45, 7) is 0.407. The number of nitrogens with one attached hydrogen (secondary N) is 1. The summed E-state index contributed by atoms with van der Waals surface area (Å²) in [5.41, 5.74) is 5.27. The summed E-state index contributed by atoms with van der Waals surface area (Å²) in [6, 6.07) is 17.3. The van der Waals surface area contributed by atoms with Crippen molar-refractivity contribution in [1.82, 2.24) is 4.98 Å². The number of aromatic amines is 1. The van der Waals surface area contributed by atoms with E-state index in [-0.39, 0.29) is 5.56 Å². The Labute approximate surface area is 157 Å². The van der Waals surface area contributed by atoms with Crippen LogP contribution < -0.4 is 10.3 Å². The number of ether oxygens (including phenoxy) is 1. The smallest absolute Gasteiger partial charge is 0.259 e. The number of aldehydes is 1. The largest absolute Gasteiger partial charge is 0.488 e. The van der Waals surface area contributed by atoms with Crippen LogP contribution in [0.1, 0.15) is 39.0 Å². The van der Waals surface area contributed by atoms with Gasteiger partial charge in [0.2, 0.25) is 0 Å². The fourth-order valence-corrected chi connectivity index (χ4v) is 3.40. The molecule has 0 unspecified atom stereocenters. The molecule has 1 aliphatic carbocycles. The van der Waals surface area contributed by atoms with Gasteiger partial charge in [-0.15, -0.1) is 0 Å². The quantitative estimate of drug-likeness (QED) is 0.694. The number of aromatic nitrogens is 1. The second-order valence-electron chi connectivity index (χ2n) is 6.57. The van der Waals surface area contributed by atoms with Crippen molar-refractivity contribution in [1.29, 1.82) is 0 Å². The topological polar surface area (TPSA) is 59.2 Å². The molecule has 2 aromatic carbocycles. The number of aryl methyl sites for hydroxylation is 1. The number of benzene rings is 2. The summed E-state index contributed by atoms with van der Waals surface area (Å²) < 4.78 is 5.97. The van der Waals surface area contributed by atoms with E-state index in [1.807, 2.05) is 48.5 Å². The maximum absolute atomic E-state index is 12.5. The van der Waals surface area contributed by atoms with Gasteiger partial charge in [0.05, 0.1) is 5.56 Å². The van der Waals surface area contributed by atoms with Crippen molar-refractivity contribution in [3.8, 4) is 5.75 Å². The monoisotopic (exact) mass is 357 g/mol. The molecule has 0 fully saturated rings. The first-order valence-corrected chi connectivity index (χ1v) is 8.92. The molecule has 1 N–H and O–H groups in total. The molecule has 1 aromatic heterocycles. The molecule has 0 atom stereocenters. The molecule has 0 saturated carbocycles. The predicted molar refractivity (Wildman–Crippen MR) is 106 cm³/mol. The fraction of sp³-hybridized carbons (Fsp3) is 0.130. The molecule has 1 aliphatic rings. The van der Waals surface area contributed by atoms with Gasteiger partial charge in [0.25, 0.3) is 5.56 Å². The van der Waals surface area contributed by atoms with E-state index in [2.05, 4.69) is 4.98 Å². The molecule has 134 valence electrons. The second-order valence-corrected chi connectivity index (χ2v) is 6.57. The minimum Gasteiger partial charge on any atom is -0.488 e. The standard InChI is InChI=1S/C23H19NO3/c25-14-17-6-7-19-13-20(9-8-18(19)12-17)22-21(10-11-24-23(22)26)27-15-16-4-2-1-3-5-16/h1-7,10-14H,8-9,15H2,(H,24,26). The Morgan fingerprint density at radius 3 is 2.70 bits per heavy atom. The van der Waals surface area contributed by atoms with Crippen molar-refractivity contribution in [2.24, 2.45) is 0 Å². The van der Waals surface area contributed by atoms with Crippen molar-refractivity contribution in [3.05, 3.63) is 99.0 Å². The van der Waals surface area contributed by atoms with E-state index in [4.69, 9.17) is 4.74 Å². The normalized spacial score (nSPS) is 12.8. The molecule has 0 spiro atoms. The van der Waals surface area contributed by atoms with Crippen LogP contribution in [0.3, 0.4) is 0 Å². The van der Waals surface area contributed by atoms with E-state index in [0.717, 1.165) is 41.4 Å². The maximum Gasteiger partial charge on any atom is 0.259 e. The Bertz CT molecular complexity index is 1060. The number of hydrogen-bond donors (Lipinski definition) is 1. The van der Waals surface area contributed by atoms with Crippen molar-refractivity contribution in [2.45, 2.75) is 19.4 Å². The van der Waals surface area contributed by atoms with Crippen LogP contribution in [-0.4, -0.2) is 11.3 Å². The van der Waals surface area contributed by atoms with Gasteiger partial charge < -0.3 is 9.72 Å². The van der Waals surface area contributed by atoms with Crippen LogP contribution >= 0.6 is 0 Å². The minimum atomic E-state index is -0.153. The lowest BCUT2D eigenvalue weighted by Crippen LogP contribution is -2.15. The molecule has 1 heterocycles. The maximum atomic E-state index is 12.5. The summed E-state index contributed by atoms with van der Waals surface area (Å²) in [7, 11) is 0. The SMILES string of the molecule is O=Cc1ccc2c(c1)CCC(c1c(OCc3ccccc3)cc[nH]c1=O)=C2. The molecule has 0 amide bonds. The van der Waals surface area contributed by atoms with E-state index in [9.17, 15) is 9.59 Å². The van der Waals surface area contributed by atoms with Gasteiger partial charge >= 0.3 is 0 Å². The molecule has 0 aliphatic heterocycles. The van der Waals surface area contributed by atoms with Gasteiger partial charge in [-0.3, -0.25) is 9.59 Å². The highest BCUT2D eigenvalue weighted by atomic mass is 16.5. The zero-order valence-corrected chi connectivity index (χ0v) is 14.8. The highest BCUT2D eigenvalue weighted by Gasteiger charge is 2.18. The molecule has 4 rings (SSSR count). The zero-order chi connectivity index (χ0) is 18.6. The third kappa shape index (κ3) is 3.60. The molecular weight excluding hydrogens is 338 g/mol. The highest BCUT2D eigenvalue weighted by Crippen LogP contribution is 2.33. The summed E-state index contributed by atoms with van der Waals surface area (Å²) in [5, 5.41) is 0. The molecule has 0 radical (unpaired) electrons. The average molecular weight is 357 g/mol. The van der Waals surface area contributed by atoms with Gasteiger partial charge in [0.15, 0.2) is 0 Å². The molecule has 4 heteroatoms. The fourth-order valence-electron chi connectivity index (χ4n) is 3.40. The number of H-pyrrole nitrogens is 1. The number of carbonyl (C=O) groups excluding carboxylic acids is 1. The van der Waals surface area contributed by atoms with Crippen molar-refractivity contribution < 1.29 is 9.53 Å². The van der Waals surface area contributed by atoms with E-state index in [0.29, 0.717) is 23.5 Å². The molecule has 3 aromatic rings. The van der Waals surface area contributed by atoms with Gasteiger partial charge in [-0.05, 0) is 47.2 Å². The van der Waals surface area contributed by atoms with Crippen LogP contribution in [0, 0.1) is 0 Å². The summed E-state index contributed by atoms with van der Waals surface area (Å²) in [4.78, 5) is 26.3. The first kappa shape index (κ1) is 17.0. The summed E-state index contributed by atoms with van der Waals surface area (Å²) >= 11 is 0. The van der Waals surface area contributed by atoms with Crippen LogP contribution in [0.25, 0.3) is 11.6 Å². The third-order valence-electron chi connectivity index (χ3n) is 4.78. The number of allylic oxidation sites excluding steroid dienone is 1. The average Bonchev–Trinajstić information content (AvgIpc) is 2.72. The van der Waals surface area contributed by atoms with Gasteiger partial charge in [0, 0.05) is 11.8 Å². The van der Waals surface area contributed by atoms with Crippen LogP contribution in [0.5, 0.6) is 5.75 Å². The number of carbonyl (C=O) groups is 1. The van der Waals surface area contributed by atoms with Crippen molar-refractivity contribution in [2.75, 3.05) is 0 Å². The summed E-state index contributed by atoms with van der Waals surface area (Å²) in [6.07, 6.45) is 6.00. The van der Waals surface area contributed by atoms with E-state index in [1.165, 1.54) is 0 Å². The van der Waals surface area contributed by atoms with Gasteiger partial charge in [-0.25, -0.2) is 0 Å². The van der Waals surface area contributed by atoms with Crippen molar-refractivity contribution in [3.63, 3.8) is 0 Å². The number of rotatable bonds is 5. The van der Waals surface area contributed by atoms with Crippen LogP contribution in [-0.2, 0) is 13.0 Å². The molecular formula is C23H19NO3. The Morgan fingerprint density at radius 2 is 1.89 bits per heavy atom. The lowest BCUT2D eigenvalue weighted by Gasteiger charge is -2.19. The second kappa shape index (κ2) is 7.46. The molecule has 27 heavy (non-hydrogen) atoms. The number of fused-ring (bicyclic) bond motifs is 1. The van der Waals surface area contributed by atoms with Gasteiger partial charge in [-0.1, -0.05) is 48.5 Å². The van der Waals surface area contributed by atoms with Gasteiger partial charge in [0.1, 0.15) is 18.6 Å². The van der Waals surface area contributed by atoms with E-state index < -0.39 is 0 Å². The minimum absolute atomic E-state index is 0.153. The van der Waals surface area contributed by atoms with Gasteiger partial charge in [-0.2, -0.15) is 0 Å². The molecule has 0 bridgehead atoms. The number of hydrogen-bond acceptors (Lipinski definition) is 3. The van der Waals surface area contributed by atoms with Crippen molar-refractivity contribution >= 4 is 17.9 Å². The Morgan fingerprint density at radius 1 is 1.04 bits per heavy atom. The summed E-state index contributed by atoms with van der Waals surface area (Å²) in [5.74, 6) is 0.585. The first-order chi connectivity index (χ1) is 13.2. The predicted octanol–water partition coefficient (Wildman–Crippen LogP) is 4.25. The third-order valence-corrected chi connectivity index (χ3v) is 4.78.